The van der Waals surface area contributed by atoms with E-state index in [4.69, 9.17) is 39.0 Å². The highest BCUT2D eigenvalue weighted by Crippen LogP contribution is 2.69. The average molecular weight is 426 g/mol. The van der Waals surface area contributed by atoms with Gasteiger partial charge in [-0.1, -0.05) is 34.8 Å². The molecule has 0 aliphatic carbocycles. The lowest BCUT2D eigenvalue weighted by Crippen LogP contribution is -2.11. The number of carbonyl (C=O) groups excluding carboxylic acids is 1. The van der Waals surface area contributed by atoms with Crippen molar-refractivity contribution in [3.63, 3.8) is 0 Å². The van der Waals surface area contributed by atoms with Crippen LogP contribution in [-0.2, 0) is 8.98 Å². The molecular weight excluding hydrogens is 411 g/mol. The minimum absolute atomic E-state index is 0.375. The zero-order valence-electron chi connectivity index (χ0n) is 13.8. The van der Waals surface area contributed by atoms with Crippen molar-refractivity contribution < 1.29 is 8.98 Å². The molecule has 6 heteroatoms. The first kappa shape index (κ1) is 19.1. The third kappa shape index (κ3) is 3.86. The summed E-state index contributed by atoms with van der Waals surface area (Å²) in [5, 5.41) is 1.83. The number of benzene rings is 3. The van der Waals surface area contributed by atoms with E-state index in [1.807, 2.05) is 36.4 Å². The first-order valence-electron chi connectivity index (χ1n) is 7.72. The largest absolute Gasteiger partial charge is 0.402 e. The summed E-state index contributed by atoms with van der Waals surface area (Å²) in [6, 6.07) is 22.0. The van der Waals surface area contributed by atoms with E-state index in [2.05, 4.69) is 0 Å². The maximum atomic E-state index is 12.1. The predicted molar refractivity (Wildman–Crippen MR) is 109 cm³/mol. The molecule has 0 amide bonds. The summed E-state index contributed by atoms with van der Waals surface area (Å²) in [5.41, 5.74) is 0. The fourth-order valence-electron chi connectivity index (χ4n) is 2.61. The van der Waals surface area contributed by atoms with Gasteiger partial charge in [-0.05, 0) is 83.1 Å². The normalized spacial score (nSPS) is 11.8. The Bertz CT molecular complexity index is 796. The van der Waals surface area contributed by atoms with Gasteiger partial charge >= 0.3 is 5.97 Å². The van der Waals surface area contributed by atoms with Gasteiger partial charge in [0.25, 0.3) is 0 Å². The zero-order valence-corrected chi connectivity index (χ0v) is 16.9. The maximum Gasteiger partial charge on any atom is 0.313 e. The van der Waals surface area contributed by atoms with Crippen LogP contribution in [0.2, 0.25) is 15.1 Å². The molecule has 0 N–H and O–H groups in total. The Morgan fingerprint density at radius 2 is 0.923 bits per heavy atom. The maximum absolute atomic E-state index is 12.1. The molecule has 0 aliphatic heterocycles. The Hall–Kier alpha value is -1.65. The molecule has 0 heterocycles. The standard InChI is InChI=1S/C20H15Cl3O2S/c1-14(24)25-26(18-8-2-15(21)3-9-18,19-10-4-16(22)5-11-19)20-12-6-17(23)7-13-20/h2-13H,1H3. The number of hydrogen-bond acceptors (Lipinski definition) is 2. The summed E-state index contributed by atoms with van der Waals surface area (Å²) in [6.45, 7) is 1.41. The molecule has 0 aromatic heterocycles. The summed E-state index contributed by atoms with van der Waals surface area (Å²) in [5.74, 6) is -0.375. The molecule has 3 aromatic rings. The Morgan fingerprint density at radius 1 is 0.654 bits per heavy atom. The lowest BCUT2D eigenvalue weighted by molar-refractivity contribution is -0.131. The third-order valence-corrected chi connectivity index (χ3v) is 7.73. The number of rotatable bonds is 4. The van der Waals surface area contributed by atoms with E-state index in [-0.39, 0.29) is 5.97 Å². The van der Waals surface area contributed by atoms with Crippen LogP contribution in [0.3, 0.4) is 0 Å². The number of hydrogen-bond donors (Lipinski definition) is 0. The van der Waals surface area contributed by atoms with Gasteiger partial charge in [0.05, 0.1) is 0 Å². The molecule has 3 aromatic carbocycles. The van der Waals surface area contributed by atoms with Gasteiger partial charge in [0.1, 0.15) is 0 Å². The highest BCUT2D eigenvalue weighted by atomic mass is 35.5. The van der Waals surface area contributed by atoms with Crippen molar-refractivity contribution in [2.24, 2.45) is 0 Å². The number of halogens is 3. The van der Waals surface area contributed by atoms with Gasteiger partial charge in [-0.2, -0.15) is 0 Å². The quantitative estimate of drug-likeness (QED) is 0.435. The molecule has 0 fully saturated rings. The summed E-state index contributed by atoms with van der Waals surface area (Å²) < 4.78 is 6.03. The molecule has 0 unspecified atom stereocenters. The molecule has 0 bridgehead atoms. The first-order valence-corrected chi connectivity index (χ1v) is 10.4. The summed E-state index contributed by atoms with van der Waals surface area (Å²) >= 11 is 18.2. The van der Waals surface area contributed by atoms with E-state index in [1.165, 1.54) is 6.92 Å². The zero-order chi connectivity index (χ0) is 18.7. The molecule has 0 radical (unpaired) electrons. The Morgan fingerprint density at radius 3 is 1.15 bits per heavy atom. The van der Waals surface area contributed by atoms with Crippen LogP contribution in [0.15, 0.2) is 87.5 Å². The van der Waals surface area contributed by atoms with Gasteiger partial charge in [-0.3, -0.25) is 4.79 Å². The molecule has 0 saturated carbocycles. The Balaban J connectivity index is 2.33. The van der Waals surface area contributed by atoms with E-state index in [1.54, 1.807) is 36.4 Å². The molecule has 0 atom stereocenters. The minimum atomic E-state index is -2.31. The van der Waals surface area contributed by atoms with E-state index in [0.717, 1.165) is 14.7 Å². The van der Waals surface area contributed by atoms with Gasteiger partial charge in [-0.15, -0.1) is 0 Å². The molecular formula is C20H15Cl3O2S. The van der Waals surface area contributed by atoms with Crippen molar-refractivity contribution in [2.45, 2.75) is 21.6 Å². The Kier molecular flexibility index (Phi) is 5.83. The molecule has 26 heavy (non-hydrogen) atoms. The van der Waals surface area contributed by atoms with Crippen LogP contribution in [0.25, 0.3) is 0 Å². The minimum Gasteiger partial charge on any atom is -0.402 e. The van der Waals surface area contributed by atoms with Crippen molar-refractivity contribution in [1.29, 1.82) is 0 Å². The lowest BCUT2D eigenvalue weighted by Gasteiger charge is -2.39. The van der Waals surface area contributed by atoms with Gasteiger partial charge in [0, 0.05) is 36.7 Å². The van der Waals surface area contributed by atoms with Crippen molar-refractivity contribution in [1.82, 2.24) is 0 Å². The molecule has 0 spiro atoms. The lowest BCUT2D eigenvalue weighted by atomic mass is 10.3. The highest BCUT2D eigenvalue weighted by molar-refractivity contribution is 8.30. The average Bonchev–Trinajstić information content (AvgIpc) is 2.62. The van der Waals surface area contributed by atoms with Crippen molar-refractivity contribution in [3.05, 3.63) is 87.9 Å². The molecule has 134 valence electrons. The summed E-state index contributed by atoms with van der Waals surface area (Å²) in [4.78, 5) is 14.6. The van der Waals surface area contributed by atoms with Crippen LogP contribution in [0, 0.1) is 0 Å². The van der Waals surface area contributed by atoms with Crippen molar-refractivity contribution in [2.75, 3.05) is 0 Å². The van der Waals surface area contributed by atoms with Crippen LogP contribution in [-0.4, -0.2) is 5.97 Å². The first-order chi connectivity index (χ1) is 12.4. The third-order valence-electron chi connectivity index (χ3n) is 3.68. The fourth-order valence-corrected chi connectivity index (χ4v) is 6.00. The van der Waals surface area contributed by atoms with Crippen LogP contribution in [0.5, 0.6) is 0 Å². The Labute approximate surface area is 169 Å². The van der Waals surface area contributed by atoms with Crippen molar-refractivity contribution >= 4 is 51.1 Å². The SMILES string of the molecule is CC(=O)OS(c1ccc(Cl)cc1)(c1ccc(Cl)cc1)c1ccc(Cl)cc1. The second kappa shape index (κ2) is 7.93. The van der Waals surface area contributed by atoms with Gasteiger partial charge in [-0.25, -0.2) is 0 Å². The fraction of sp³-hybridized carbons (Fsp3) is 0.0500. The van der Waals surface area contributed by atoms with Crippen LogP contribution in [0.1, 0.15) is 6.92 Å². The predicted octanol–water partition coefficient (Wildman–Crippen LogP) is 7.41. The van der Waals surface area contributed by atoms with E-state index in [0.29, 0.717) is 15.1 Å². The van der Waals surface area contributed by atoms with Gasteiger partial charge in [0.15, 0.2) is 0 Å². The summed E-state index contributed by atoms with van der Waals surface area (Å²) in [6.07, 6.45) is 0. The van der Waals surface area contributed by atoms with Crippen LogP contribution < -0.4 is 0 Å². The second-order valence-electron chi connectivity index (χ2n) is 5.49. The van der Waals surface area contributed by atoms with E-state index >= 15 is 0 Å². The summed E-state index contributed by atoms with van der Waals surface area (Å²) in [7, 11) is -2.31. The molecule has 2 nitrogen and oxygen atoms in total. The monoisotopic (exact) mass is 424 g/mol. The molecule has 0 aliphatic rings. The van der Waals surface area contributed by atoms with Crippen LogP contribution >= 0.6 is 45.1 Å². The van der Waals surface area contributed by atoms with Gasteiger partial charge in [0.2, 0.25) is 0 Å². The molecule has 0 saturated heterocycles. The molecule has 3 rings (SSSR count). The van der Waals surface area contributed by atoms with E-state index in [9.17, 15) is 4.79 Å². The van der Waals surface area contributed by atoms with Crippen LogP contribution in [0.4, 0.5) is 0 Å². The topological polar surface area (TPSA) is 26.3 Å². The highest BCUT2D eigenvalue weighted by Gasteiger charge is 2.34. The second-order valence-corrected chi connectivity index (χ2v) is 9.50. The van der Waals surface area contributed by atoms with Crippen molar-refractivity contribution in [3.8, 4) is 0 Å². The van der Waals surface area contributed by atoms with E-state index < -0.39 is 10.3 Å². The number of carbonyl (C=O) groups is 1. The van der Waals surface area contributed by atoms with Gasteiger partial charge < -0.3 is 4.18 Å². The smallest absolute Gasteiger partial charge is 0.313 e.